The molecule has 1 aromatic carbocycles. The molecule has 154 valence electrons. The SMILES string of the molecule is O=C(c1cn(C2CCN(CC(Cl)=Cc3ccccc3)CC2)nn1)N1CCOCC1. The van der Waals surface area contributed by atoms with E-state index in [1.807, 2.05) is 29.0 Å². The number of ether oxygens (including phenoxy) is 1. The molecule has 1 aromatic heterocycles. The third-order valence-corrected chi connectivity index (χ3v) is 5.69. The molecule has 2 fully saturated rings. The van der Waals surface area contributed by atoms with Crippen LogP contribution in [0.3, 0.4) is 0 Å². The summed E-state index contributed by atoms with van der Waals surface area (Å²) in [6.45, 7) is 5.02. The fourth-order valence-electron chi connectivity index (χ4n) is 3.81. The highest BCUT2D eigenvalue weighted by Gasteiger charge is 2.25. The molecule has 7 nitrogen and oxygen atoms in total. The van der Waals surface area contributed by atoms with E-state index in [0.29, 0.717) is 32.0 Å². The van der Waals surface area contributed by atoms with Gasteiger partial charge in [0.25, 0.3) is 5.91 Å². The van der Waals surface area contributed by atoms with E-state index in [-0.39, 0.29) is 11.9 Å². The number of morpholine rings is 1. The highest BCUT2D eigenvalue weighted by atomic mass is 35.5. The average molecular weight is 416 g/mol. The zero-order valence-electron chi connectivity index (χ0n) is 16.4. The van der Waals surface area contributed by atoms with Gasteiger partial charge in [-0.05, 0) is 24.5 Å². The molecular formula is C21H26ClN5O2. The molecule has 0 radical (unpaired) electrons. The molecule has 2 aliphatic heterocycles. The first-order valence-electron chi connectivity index (χ1n) is 10.1. The van der Waals surface area contributed by atoms with Crippen LogP contribution in [0.4, 0.5) is 0 Å². The van der Waals surface area contributed by atoms with Crippen LogP contribution in [0.5, 0.6) is 0 Å². The van der Waals surface area contributed by atoms with Crippen molar-refractivity contribution in [1.29, 1.82) is 0 Å². The first kappa shape index (κ1) is 20.1. The Bertz CT molecular complexity index is 840. The second kappa shape index (κ2) is 9.52. The normalized spacial score (nSPS) is 19.5. The van der Waals surface area contributed by atoms with Crippen molar-refractivity contribution in [3.63, 3.8) is 0 Å². The van der Waals surface area contributed by atoms with Crippen molar-refractivity contribution in [1.82, 2.24) is 24.8 Å². The van der Waals surface area contributed by atoms with E-state index in [4.69, 9.17) is 16.3 Å². The summed E-state index contributed by atoms with van der Waals surface area (Å²) < 4.78 is 7.16. The minimum absolute atomic E-state index is 0.0604. The summed E-state index contributed by atoms with van der Waals surface area (Å²) >= 11 is 6.45. The number of piperidine rings is 1. The number of nitrogens with zero attached hydrogens (tertiary/aromatic N) is 5. The Morgan fingerprint density at radius 1 is 1.14 bits per heavy atom. The molecule has 2 aliphatic rings. The van der Waals surface area contributed by atoms with E-state index in [1.165, 1.54) is 0 Å². The van der Waals surface area contributed by atoms with Crippen LogP contribution >= 0.6 is 11.6 Å². The van der Waals surface area contributed by atoms with E-state index in [1.54, 1.807) is 11.1 Å². The molecule has 0 bridgehead atoms. The maximum Gasteiger partial charge on any atom is 0.276 e. The Morgan fingerprint density at radius 2 is 1.86 bits per heavy atom. The Morgan fingerprint density at radius 3 is 2.59 bits per heavy atom. The number of hydrogen-bond acceptors (Lipinski definition) is 5. The average Bonchev–Trinajstić information content (AvgIpc) is 3.25. The predicted molar refractivity (Wildman–Crippen MR) is 112 cm³/mol. The molecule has 29 heavy (non-hydrogen) atoms. The van der Waals surface area contributed by atoms with Crippen molar-refractivity contribution in [2.45, 2.75) is 18.9 Å². The molecular weight excluding hydrogens is 390 g/mol. The number of aromatic nitrogens is 3. The molecule has 0 aliphatic carbocycles. The van der Waals surface area contributed by atoms with E-state index in [9.17, 15) is 4.79 Å². The van der Waals surface area contributed by atoms with Crippen LogP contribution in [-0.2, 0) is 4.74 Å². The highest BCUT2D eigenvalue weighted by molar-refractivity contribution is 6.31. The topological polar surface area (TPSA) is 63.5 Å². The second-order valence-electron chi connectivity index (χ2n) is 7.50. The van der Waals surface area contributed by atoms with Crippen molar-refractivity contribution < 1.29 is 9.53 Å². The van der Waals surface area contributed by atoms with Gasteiger partial charge in [0, 0.05) is 37.8 Å². The summed E-state index contributed by atoms with van der Waals surface area (Å²) in [5.41, 5.74) is 1.54. The third-order valence-electron chi connectivity index (χ3n) is 5.46. The van der Waals surface area contributed by atoms with Crippen molar-refractivity contribution in [3.8, 4) is 0 Å². The Hall–Kier alpha value is -2.22. The molecule has 2 saturated heterocycles. The summed E-state index contributed by atoms with van der Waals surface area (Å²) in [7, 11) is 0. The molecule has 4 rings (SSSR count). The van der Waals surface area contributed by atoms with E-state index in [2.05, 4.69) is 27.3 Å². The second-order valence-corrected chi connectivity index (χ2v) is 7.98. The largest absolute Gasteiger partial charge is 0.378 e. The lowest BCUT2D eigenvalue weighted by atomic mass is 10.1. The summed E-state index contributed by atoms with van der Waals surface area (Å²) in [6.07, 6.45) is 5.74. The predicted octanol–water partition coefficient (Wildman–Crippen LogP) is 2.67. The van der Waals surface area contributed by atoms with Crippen LogP contribution in [0, 0.1) is 0 Å². The van der Waals surface area contributed by atoms with Crippen LogP contribution < -0.4 is 0 Å². The number of amides is 1. The zero-order chi connectivity index (χ0) is 20.1. The zero-order valence-corrected chi connectivity index (χ0v) is 17.2. The fraction of sp³-hybridized carbons (Fsp3) is 0.476. The van der Waals surface area contributed by atoms with Crippen LogP contribution in [0.1, 0.15) is 34.9 Å². The van der Waals surface area contributed by atoms with Gasteiger partial charge >= 0.3 is 0 Å². The summed E-state index contributed by atoms with van der Waals surface area (Å²) in [4.78, 5) is 16.7. The molecule has 0 spiro atoms. The van der Waals surface area contributed by atoms with E-state index in [0.717, 1.165) is 43.1 Å². The third kappa shape index (κ3) is 5.23. The molecule has 0 atom stereocenters. The van der Waals surface area contributed by atoms with Crippen molar-refractivity contribution in [2.24, 2.45) is 0 Å². The number of carbonyl (C=O) groups excluding carboxylic acids is 1. The first-order chi connectivity index (χ1) is 14.2. The molecule has 0 saturated carbocycles. The maximum absolute atomic E-state index is 12.5. The lowest BCUT2D eigenvalue weighted by molar-refractivity contribution is 0.0299. The van der Waals surface area contributed by atoms with Gasteiger partial charge in [-0.2, -0.15) is 0 Å². The molecule has 3 heterocycles. The Labute approximate surface area is 175 Å². The number of likely N-dealkylation sites (tertiary alicyclic amines) is 1. The number of halogens is 1. The standard InChI is InChI=1S/C21H26ClN5O2/c22-18(14-17-4-2-1-3-5-17)15-25-8-6-19(7-9-25)27-16-20(23-24-27)21(28)26-10-12-29-13-11-26/h1-5,14,16,19H,6-13,15H2. The van der Waals surface area contributed by atoms with Crippen LogP contribution in [0.25, 0.3) is 6.08 Å². The van der Waals surface area contributed by atoms with Gasteiger partial charge in [-0.25, -0.2) is 4.68 Å². The smallest absolute Gasteiger partial charge is 0.276 e. The monoisotopic (exact) mass is 415 g/mol. The van der Waals surface area contributed by atoms with Crippen molar-refractivity contribution in [2.75, 3.05) is 45.9 Å². The molecule has 0 unspecified atom stereocenters. The molecule has 8 heteroatoms. The summed E-state index contributed by atoms with van der Waals surface area (Å²) in [5, 5.41) is 9.19. The quantitative estimate of drug-likeness (QED) is 0.751. The van der Waals surface area contributed by atoms with Gasteiger partial charge < -0.3 is 9.64 Å². The van der Waals surface area contributed by atoms with Crippen molar-refractivity contribution >= 4 is 23.6 Å². The van der Waals surface area contributed by atoms with Gasteiger partial charge in [0.15, 0.2) is 5.69 Å². The first-order valence-corrected chi connectivity index (χ1v) is 10.5. The van der Waals surface area contributed by atoms with Gasteiger partial charge in [-0.1, -0.05) is 47.1 Å². The van der Waals surface area contributed by atoms with Gasteiger partial charge in [0.05, 0.1) is 25.5 Å². The lowest BCUT2D eigenvalue weighted by Crippen LogP contribution is -2.40. The van der Waals surface area contributed by atoms with Crippen LogP contribution in [0.2, 0.25) is 0 Å². The van der Waals surface area contributed by atoms with E-state index < -0.39 is 0 Å². The van der Waals surface area contributed by atoms with Crippen molar-refractivity contribution in [3.05, 3.63) is 52.8 Å². The number of benzene rings is 1. The summed E-state index contributed by atoms with van der Waals surface area (Å²) in [6, 6.07) is 10.4. The minimum Gasteiger partial charge on any atom is -0.378 e. The maximum atomic E-state index is 12.5. The van der Waals surface area contributed by atoms with Gasteiger partial charge in [-0.15, -0.1) is 5.10 Å². The van der Waals surface area contributed by atoms with Gasteiger partial charge in [-0.3, -0.25) is 9.69 Å². The Kier molecular flexibility index (Phi) is 6.59. The molecule has 1 amide bonds. The molecule has 0 N–H and O–H groups in total. The number of carbonyl (C=O) groups is 1. The lowest BCUT2D eigenvalue weighted by Gasteiger charge is -2.31. The fourth-order valence-corrected chi connectivity index (χ4v) is 4.11. The molecule has 2 aromatic rings. The van der Waals surface area contributed by atoms with E-state index >= 15 is 0 Å². The summed E-state index contributed by atoms with van der Waals surface area (Å²) in [5.74, 6) is -0.0604. The van der Waals surface area contributed by atoms with Gasteiger partial charge in [0.1, 0.15) is 0 Å². The van der Waals surface area contributed by atoms with Gasteiger partial charge in [0.2, 0.25) is 0 Å². The highest BCUT2D eigenvalue weighted by Crippen LogP contribution is 2.23. The number of hydrogen-bond donors (Lipinski definition) is 0. The Balaban J connectivity index is 1.29. The van der Waals surface area contributed by atoms with Crippen LogP contribution in [0.15, 0.2) is 41.6 Å². The van der Waals surface area contributed by atoms with Crippen LogP contribution in [-0.4, -0.2) is 76.6 Å². The number of rotatable bonds is 5. The minimum atomic E-state index is -0.0604.